The van der Waals surface area contributed by atoms with Crippen molar-refractivity contribution in [1.82, 2.24) is 10.3 Å². The number of aromatic nitrogens is 1. The number of hydrogen-bond donors (Lipinski definition) is 1. The van der Waals surface area contributed by atoms with Gasteiger partial charge in [-0.05, 0) is 24.1 Å². The van der Waals surface area contributed by atoms with E-state index >= 15 is 0 Å². The van der Waals surface area contributed by atoms with Crippen molar-refractivity contribution in [2.24, 2.45) is 4.99 Å². The number of nitrogens with zero attached hydrogens (tertiary/aromatic N) is 2. The minimum absolute atomic E-state index is 0.114. The van der Waals surface area contributed by atoms with E-state index in [1.165, 1.54) is 5.56 Å². The van der Waals surface area contributed by atoms with Crippen LogP contribution < -0.4 is 5.32 Å². The number of nitrogens with one attached hydrogen (secondary N) is 1. The first-order chi connectivity index (χ1) is 9.45. The third-order valence-electron chi connectivity index (χ3n) is 3.31. The molecule has 0 spiro atoms. The minimum Gasteiger partial charge on any atom is -0.373 e. The summed E-state index contributed by atoms with van der Waals surface area (Å²) >= 11 is 0. The summed E-state index contributed by atoms with van der Waals surface area (Å²) in [5.74, 6) is 1.15. The van der Waals surface area contributed by atoms with Crippen LogP contribution in [0.2, 0.25) is 0 Å². The molecule has 0 saturated carbocycles. The Morgan fingerprint density at radius 1 is 1.00 bits per heavy atom. The van der Waals surface area contributed by atoms with Gasteiger partial charge in [0, 0.05) is 19.3 Å². The molecule has 3 rings (SSSR count). The number of hydrogen-bond acceptors (Lipinski definition) is 3. The minimum atomic E-state index is 0.114. The van der Waals surface area contributed by atoms with E-state index in [4.69, 9.17) is 0 Å². The lowest BCUT2D eigenvalue weighted by Crippen LogP contribution is -2.35. The highest BCUT2D eigenvalue weighted by Crippen LogP contribution is 2.24. The Balaban J connectivity index is 2.03. The van der Waals surface area contributed by atoms with Gasteiger partial charge in [-0.25, -0.2) is 0 Å². The molecule has 1 aliphatic heterocycles. The second-order valence-corrected chi connectivity index (χ2v) is 4.65. The van der Waals surface area contributed by atoms with Crippen molar-refractivity contribution in [2.75, 3.05) is 13.1 Å². The van der Waals surface area contributed by atoms with Gasteiger partial charge in [0.2, 0.25) is 0 Å². The Kier molecular flexibility index (Phi) is 3.54. The summed E-state index contributed by atoms with van der Waals surface area (Å²) in [5.41, 5.74) is 2.27. The topological polar surface area (TPSA) is 37.3 Å². The second-order valence-electron chi connectivity index (χ2n) is 4.65. The average Bonchev–Trinajstić information content (AvgIpc) is 2.51. The maximum atomic E-state index is 4.65. The Bertz CT molecular complexity index is 509. The fraction of sp³-hybridized carbons (Fsp3) is 0.250. The molecule has 19 heavy (non-hydrogen) atoms. The van der Waals surface area contributed by atoms with Gasteiger partial charge in [-0.15, -0.1) is 0 Å². The number of rotatable bonds is 3. The molecule has 1 N–H and O–H groups in total. The molecule has 0 fully saturated rings. The third-order valence-corrected chi connectivity index (χ3v) is 3.31. The molecule has 1 aliphatic rings. The number of pyridine rings is 1. The van der Waals surface area contributed by atoms with Gasteiger partial charge in [0.05, 0.1) is 11.6 Å². The normalized spacial score (nSPS) is 16.3. The molecule has 0 amide bonds. The molecule has 3 heteroatoms. The molecule has 2 aromatic rings. The van der Waals surface area contributed by atoms with E-state index in [1.54, 1.807) is 0 Å². The molecule has 1 unspecified atom stereocenters. The molecule has 1 atom stereocenters. The predicted octanol–water partition coefficient (Wildman–Crippen LogP) is 2.61. The maximum Gasteiger partial charge on any atom is 0.110 e. The summed E-state index contributed by atoms with van der Waals surface area (Å²) in [6.45, 7) is 1.90. The first kappa shape index (κ1) is 11.9. The molecule has 0 aliphatic carbocycles. The molecule has 0 saturated heterocycles. The summed E-state index contributed by atoms with van der Waals surface area (Å²) in [6.07, 6.45) is 2.95. The van der Waals surface area contributed by atoms with Gasteiger partial charge in [0.15, 0.2) is 0 Å². The maximum absolute atomic E-state index is 4.65. The van der Waals surface area contributed by atoms with Crippen LogP contribution >= 0.6 is 0 Å². The Hall–Kier alpha value is -2.16. The Morgan fingerprint density at radius 2 is 1.84 bits per heavy atom. The van der Waals surface area contributed by atoms with Gasteiger partial charge in [0.25, 0.3) is 0 Å². The second kappa shape index (κ2) is 5.65. The summed E-state index contributed by atoms with van der Waals surface area (Å²) in [6, 6.07) is 16.5. The van der Waals surface area contributed by atoms with E-state index in [-0.39, 0.29) is 5.92 Å². The van der Waals surface area contributed by atoms with Crippen LogP contribution in [0.25, 0.3) is 0 Å². The van der Waals surface area contributed by atoms with Crippen molar-refractivity contribution in [3.05, 3.63) is 66.0 Å². The van der Waals surface area contributed by atoms with Crippen molar-refractivity contribution in [2.45, 2.75) is 12.3 Å². The molecule has 2 heterocycles. The van der Waals surface area contributed by atoms with Crippen LogP contribution in [-0.2, 0) is 0 Å². The lowest BCUT2D eigenvalue weighted by molar-refractivity contribution is 0.716. The smallest absolute Gasteiger partial charge is 0.110 e. The van der Waals surface area contributed by atoms with Crippen molar-refractivity contribution < 1.29 is 0 Å². The van der Waals surface area contributed by atoms with Crippen molar-refractivity contribution in [1.29, 1.82) is 0 Å². The Labute approximate surface area is 113 Å². The number of aliphatic imine (C=N–C) groups is 1. The van der Waals surface area contributed by atoms with E-state index < -0.39 is 0 Å². The molecule has 0 bridgehead atoms. The van der Waals surface area contributed by atoms with Gasteiger partial charge in [-0.2, -0.15) is 0 Å². The van der Waals surface area contributed by atoms with Crippen LogP contribution in [0.5, 0.6) is 0 Å². The van der Waals surface area contributed by atoms with Gasteiger partial charge in [0.1, 0.15) is 5.84 Å². The lowest BCUT2D eigenvalue weighted by Gasteiger charge is -2.23. The molecule has 0 radical (unpaired) electrons. The highest BCUT2D eigenvalue weighted by Gasteiger charge is 2.22. The van der Waals surface area contributed by atoms with E-state index in [2.05, 4.69) is 45.6 Å². The molecule has 96 valence electrons. The average molecular weight is 251 g/mol. The van der Waals surface area contributed by atoms with Gasteiger partial charge < -0.3 is 5.32 Å². The monoisotopic (exact) mass is 251 g/mol. The Morgan fingerprint density at radius 3 is 2.53 bits per heavy atom. The molecule has 1 aromatic heterocycles. The van der Waals surface area contributed by atoms with Crippen LogP contribution in [0, 0.1) is 0 Å². The quantitative estimate of drug-likeness (QED) is 0.910. The van der Waals surface area contributed by atoms with Crippen LogP contribution in [0.3, 0.4) is 0 Å². The third kappa shape index (κ3) is 2.65. The summed E-state index contributed by atoms with van der Waals surface area (Å²) in [7, 11) is 0. The van der Waals surface area contributed by atoms with E-state index in [9.17, 15) is 0 Å². The van der Waals surface area contributed by atoms with Gasteiger partial charge in [-0.3, -0.25) is 9.98 Å². The van der Waals surface area contributed by atoms with Crippen LogP contribution in [0.4, 0.5) is 0 Å². The van der Waals surface area contributed by atoms with E-state index in [0.29, 0.717) is 0 Å². The van der Waals surface area contributed by atoms with Crippen LogP contribution in [-0.4, -0.2) is 23.9 Å². The van der Waals surface area contributed by atoms with Crippen LogP contribution in [0.15, 0.2) is 59.7 Å². The molecule has 1 aromatic carbocycles. The van der Waals surface area contributed by atoms with Gasteiger partial charge in [-0.1, -0.05) is 36.4 Å². The van der Waals surface area contributed by atoms with Gasteiger partial charge >= 0.3 is 0 Å². The summed E-state index contributed by atoms with van der Waals surface area (Å²) in [5, 5.41) is 3.43. The number of amidine groups is 1. The SMILES string of the molecule is c1ccc(C(C2=NCCCN2)c2ccccn2)cc1. The van der Waals surface area contributed by atoms with Crippen molar-refractivity contribution >= 4 is 5.84 Å². The molecular weight excluding hydrogens is 234 g/mol. The van der Waals surface area contributed by atoms with E-state index in [1.807, 2.05) is 24.4 Å². The number of benzene rings is 1. The molecular formula is C16H17N3. The van der Waals surface area contributed by atoms with E-state index in [0.717, 1.165) is 31.0 Å². The van der Waals surface area contributed by atoms with Crippen molar-refractivity contribution in [3.8, 4) is 0 Å². The lowest BCUT2D eigenvalue weighted by atomic mass is 9.93. The first-order valence-corrected chi connectivity index (χ1v) is 6.69. The fourth-order valence-electron chi connectivity index (χ4n) is 2.41. The fourth-order valence-corrected chi connectivity index (χ4v) is 2.41. The zero-order valence-corrected chi connectivity index (χ0v) is 10.8. The summed E-state index contributed by atoms with van der Waals surface area (Å²) in [4.78, 5) is 9.16. The summed E-state index contributed by atoms with van der Waals surface area (Å²) < 4.78 is 0. The largest absolute Gasteiger partial charge is 0.373 e. The highest BCUT2D eigenvalue weighted by atomic mass is 15.0. The van der Waals surface area contributed by atoms with Crippen LogP contribution in [0.1, 0.15) is 23.6 Å². The predicted molar refractivity (Wildman–Crippen MR) is 77.4 cm³/mol. The molecule has 3 nitrogen and oxygen atoms in total. The zero-order valence-electron chi connectivity index (χ0n) is 10.8. The van der Waals surface area contributed by atoms with Crippen molar-refractivity contribution in [3.63, 3.8) is 0 Å². The first-order valence-electron chi connectivity index (χ1n) is 6.69. The highest BCUT2D eigenvalue weighted by molar-refractivity contribution is 5.92. The standard InChI is InChI=1S/C16H17N3/c1-2-7-13(8-3-1)15(14-9-4-5-10-17-14)16-18-11-6-12-19-16/h1-5,7-10,15H,6,11-12H2,(H,18,19). The zero-order chi connectivity index (χ0) is 12.9.